The summed E-state index contributed by atoms with van der Waals surface area (Å²) in [4.78, 5) is 0. The Morgan fingerprint density at radius 2 is 2.00 bits per heavy atom. The number of aryl methyl sites for hydroxylation is 1. The lowest BCUT2D eigenvalue weighted by atomic mass is 9.79. The molecule has 0 aliphatic heterocycles. The van der Waals surface area contributed by atoms with E-state index in [9.17, 15) is 0 Å². The molecule has 1 atom stereocenters. The van der Waals surface area contributed by atoms with Crippen molar-refractivity contribution in [3.8, 4) is 0 Å². The Balaban J connectivity index is 2.53. The molecule has 0 bridgehead atoms. The van der Waals surface area contributed by atoms with Gasteiger partial charge >= 0.3 is 0 Å². The van der Waals surface area contributed by atoms with Gasteiger partial charge in [0.05, 0.1) is 5.71 Å². The van der Waals surface area contributed by atoms with Gasteiger partial charge in [0.25, 0.3) is 0 Å². The Morgan fingerprint density at radius 1 is 1.33 bits per heavy atom. The molecule has 1 aromatic rings. The van der Waals surface area contributed by atoms with Crippen molar-refractivity contribution < 1.29 is 0 Å². The zero-order chi connectivity index (χ0) is 18.0. The quantitative estimate of drug-likeness (QED) is 0.725. The van der Waals surface area contributed by atoms with E-state index in [0.717, 1.165) is 29.6 Å². The maximum atomic E-state index is 8.57. The van der Waals surface area contributed by atoms with Crippen LogP contribution < -0.4 is 5.32 Å². The van der Waals surface area contributed by atoms with Crippen molar-refractivity contribution >= 4 is 11.3 Å². The summed E-state index contributed by atoms with van der Waals surface area (Å²) in [5.41, 5.74) is 10.3. The highest BCUT2D eigenvalue weighted by Crippen LogP contribution is 2.37. The van der Waals surface area contributed by atoms with Gasteiger partial charge in [-0.15, -0.1) is 0 Å². The fraction of sp³-hybridized carbons (Fsp3) is 0.409. The molecule has 0 saturated carbocycles. The third-order valence-electron chi connectivity index (χ3n) is 5.14. The number of rotatable bonds is 5. The summed E-state index contributed by atoms with van der Waals surface area (Å²) in [5.74, 6) is 0. The maximum absolute atomic E-state index is 8.57. The Hall–Kier alpha value is -1.93. The largest absolute Gasteiger partial charge is 0.313 e. The van der Waals surface area contributed by atoms with Crippen LogP contribution in [-0.4, -0.2) is 12.8 Å². The minimum absolute atomic E-state index is 0.348. The third kappa shape index (κ3) is 3.29. The molecular formula is C22H30N2. The van der Waals surface area contributed by atoms with E-state index >= 15 is 0 Å². The highest BCUT2D eigenvalue weighted by molar-refractivity contribution is 6.18. The van der Waals surface area contributed by atoms with Gasteiger partial charge in [0, 0.05) is 11.6 Å². The van der Waals surface area contributed by atoms with Crippen LogP contribution in [0.15, 0.2) is 47.1 Å². The van der Waals surface area contributed by atoms with E-state index < -0.39 is 0 Å². The zero-order valence-corrected chi connectivity index (χ0v) is 15.9. The topological polar surface area (TPSA) is 35.9 Å². The van der Waals surface area contributed by atoms with E-state index in [-0.39, 0.29) is 0 Å². The third-order valence-corrected chi connectivity index (χ3v) is 5.14. The summed E-state index contributed by atoms with van der Waals surface area (Å²) in [7, 11) is 1.99. The van der Waals surface area contributed by atoms with Crippen molar-refractivity contribution in [2.45, 2.75) is 53.5 Å². The molecule has 1 unspecified atom stereocenters. The second-order valence-electron chi connectivity index (χ2n) is 6.87. The van der Waals surface area contributed by atoms with Crippen LogP contribution in [0.4, 0.5) is 0 Å². The predicted molar refractivity (Wildman–Crippen MR) is 106 cm³/mol. The molecule has 2 rings (SSSR count). The van der Waals surface area contributed by atoms with Crippen molar-refractivity contribution in [1.29, 1.82) is 5.41 Å². The van der Waals surface area contributed by atoms with E-state index in [1.54, 1.807) is 0 Å². The molecule has 0 aromatic heterocycles. The first-order valence-corrected chi connectivity index (χ1v) is 8.76. The molecule has 0 amide bonds. The van der Waals surface area contributed by atoms with E-state index in [1.165, 1.54) is 27.8 Å². The summed E-state index contributed by atoms with van der Waals surface area (Å²) < 4.78 is 0. The monoisotopic (exact) mass is 322 g/mol. The van der Waals surface area contributed by atoms with Gasteiger partial charge in [-0.1, -0.05) is 37.3 Å². The minimum Gasteiger partial charge on any atom is -0.313 e. The molecule has 1 aliphatic rings. The molecule has 0 heterocycles. The summed E-state index contributed by atoms with van der Waals surface area (Å²) in [5, 5.41) is 11.9. The van der Waals surface area contributed by atoms with E-state index in [1.807, 2.05) is 14.0 Å². The van der Waals surface area contributed by atoms with Crippen LogP contribution in [0.5, 0.6) is 0 Å². The Morgan fingerprint density at radius 3 is 2.54 bits per heavy atom. The van der Waals surface area contributed by atoms with Crippen molar-refractivity contribution in [1.82, 2.24) is 5.32 Å². The van der Waals surface area contributed by atoms with Crippen molar-refractivity contribution in [2.24, 2.45) is 0 Å². The van der Waals surface area contributed by atoms with Crippen LogP contribution in [0.1, 0.15) is 63.8 Å². The number of hydrogen-bond donors (Lipinski definition) is 2. The molecule has 1 aliphatic carbocycles. The lowest BCUT2D eigenvalue weighted by Gasteiger charge is -2.26. The summed E-state index contributed by atoms with van der Waals surface area (Å²) >= 11 is 0. The Labute approximate surface area is 146 Å². The van der Waals surface area contributed by atoms with E-state index in [0.29, 0.717) is 11.8 Å². The molecule has 2 heteroatoms. The van der Waals surface area contributed by atoms with Gasteiger partial charge < -0.3 is 5.32 Å². The van der Waals surface area contributed by atoms with Crippen LogP contribution in [0.3, 0.4) is 0 Å². The fourth-order valence-electron chi connectivity index (χ4n) is 3.55. The first-order valence-electron chi connectivity index (χ1n) is 8.76. The van der Waals surface area contributed by atoms with Crippen molar-refractivity contribution in [2.75, 3.05) is 7.05 Å². The smallest absolute Gasteiger partial charge is 0.0646 e. The highest BCUT2D eigenvalue weighted by Gasteiger charge is 2.23. The molecule has 0 saturated heterocycles. The number of allylic oxidation sites excluding steroid dienone is 5. The molecule has 0 fully saturated rings. The van der Waals surface area contributed by atoms with Gasteiger partial charge in [-0.3, -0.25) is 5.41 Å². The van der Waals surface area contributed by atoms with Crippen LogP contribution >= 0.6 is 0 Å². The number of hydrogen-bond acceptors (Lipinski definition) is 2. The summed E-state index contributed by atoms with van der Waals surface area (Å²) in [6.45, 7) is 14.7. The lowest BCUT2D eigenvalue weighted by Crippen LogP contribution is -2.15. The van der Waals surface area contributed by atoms with Crippen molar-refractivity contribution in [3.63, 3.8) is 0 Å². The molecule has 128 valence electrons. The molecule has 2 N–H and O–H groups in total. The first-order chi connectivity index (χ1) is 11.3. The minimum atomic E-state index is 0.348. The molecular weight excluding hydrogens is 292 g/mol. The van der Waals surface area contributed by atoms with Crippen molar-refractivity contribution in [3.05, 3.63) is 63.8 Å². The molecule has 0 radical (unpaired) electrons. The van der Waals surface area contributed by atoms with Gasteiger partial charge in [0.2, 0.25) is 0 Å². The predicted octanol–water partition coefficient (Wildman–Crippen LogP) is 5.62. The standard InChI is InChI=1S/C22H30N2/c1-8-17-12-18(16(6)24-7)9-10-19(17)20-11-14(4)21(13(2)3)22(23)15(20)5/h9-10,12,16,23-24H,2,8,11H2,1,3-7H3. The van der Waals surface area contributed by atoms with E-state index in [2.05, 4.69) is 57.8 Å². The van der Waals surface area contributed by atoms with Gasteiger partial charge in [-0.2, -0.15) is 0 Å². The zero-order valence-electron chi connectivity index (χ0n) is 15.9. The van der Waals surface area contributed by atoms with Crippen LogP contribution in [-0.2, 0) is 6.42 Å². The molecule has 2 nitrogen and oxygen atoms in total. The number of benzene rings is 1. The highest BCUT2D eigenvalue weighted by atomic mass is 14.8. The SMILES string of the molecule is C=C(C)C1=C(C)CC(c2ccc(C(C)NC)cc2CC)=C(C)C1=N. The second kappa shape index (κ2) is 7.31. The average molecular weight is 322 g/mol. The van der Waals surface area contributed by atoms with E-state index in [4.69, 9.17) is 5.41 Å². The number of nitrogens with one attached hydrogen (secondary N) is 2. The van der Waals surface area contributed by atoms with Gasteiger partial charge in [-0.25, -0.2) is 0 Å². The first kappa shape index (κ1) is 18.4. The molecule has 1 aromatic carbocycles. The van der Waals surface area contributed by atoms with Crippen LogP contribution in [0, 0.1) is 5.41 Å². The van der Waals surface area contributed by atoms with Crippen LogP contribution in [0.25, 0.3) is 5.57 Å². The second-order valence-corrected chi connectivity index (χ2v) is 6.87. The maximum Gasteiger partial charge on any atom is 0.0646 e. The van der Waals surface area contributed by atoms with Gasteiger partial charge in [0.1, 0.15) is 0 Å². The summed E-state index contributed by atoms with van der Waals surface area (Å²) in [6.07, 6.45) is 1.91. The Bertz CT molecular complexity index is 747. The molecule has 24 heavy (non-hydrogen) atoms. The van der Waals surface area contributed by atoms with Crippen LogP contribution in [0.2, 0.25) is 0 Å². The van der Waals surface area contributed by atoms with Gasteiger partial charge in [-0.05, 0) is 81.0 Å². The molecule has 0 spiro atoms. The fourth-order valence-corrected chi connectivity index (χ4v) is 3.55. The van der Waals surface area contributed by atoms with Gasteiger partial charge in [0.15, 0.2) is 0 Å². The Kier molecular flexibility index (Phi) is 5.61. The normalized spacial score (nSPS) is 16.7. The summed E-state index contributed by atoms with van der Waals surface area (Å²) in [6, 6.07) is 7.12. The lowest BCUT2D eigenvalue weighted by molar-refractivity contribution is 0.651. The average Bonchev–Trinajstić information content (AvgIpc) is 2.56.